The number of nitrogens with two attached hydrogens (primary N) is 1. The normalized spacial score (nSPS) is 9.70. The molecule has 9 heteroatoms. The minimum atomic E-state index is -0.623. The van der Waals surface area contributed by atoms with Crippen molar-refractivity contribution < 1.29 is 9.59 Å². The van der Waals surface area contributed by atoms with Gasteiger partial charge in [-0.15, -0.1) is 0 Å². The lowest BCUT2D eigenvalue weighted by Gasteiger charge is -2.06. The Morgan fingerprint density at radius 3 is 2.70 bits per heavy atom. The molecule has 4 N–H and O–H groups in total. The minimum absolute atomic E-state index is 0.0484. The Labute approximate surface area is 136 Å². The average Bonchev–Trinajstić information content (AvgIpc) is 2.54. The number of nitrogens with zero attached hydrogens (tertiary/aromatic N) is 3. The van der Waals surface area contributed by atoms with E-state index in [0.717, 1.165) is 11.8 Å². The van der Waals surface area contributed by atoms with Gasteiger partial charge in [0.15, 0.2) is 5.16 Å². The maximum Gasteiger partial charge on any atom is 0.325 e. The van der Waals surface area contributed by atoms with Gasteiger partial charge in [0, 0.05) is 5.69 Å². The van der Waals surface area contributed by atoms with Crippen LogP contribution >= 0.6 is 11.8 Å². The molecule has 2 aromatic rings. The zero-order chi connectivity index (χ0) is 16.7. The fourth-order valence-electron chi connectivity index (χ4n) is 1.51. The van der Waals surface area contributed by atoms with E-state index in [1.807, 2.05) is 12.1 Å². The number of anilines is 2. The lowest BCUT2D eigenvalue weighted by molar-refractivity contribution is -0.117. The monoisotopic (exact) mass is 328 g/mol. The number of thioether (sulfide) groups is 1. The summed E-state index contributed by atoms with van der Waals surface area (Å²) in [4.78, 5) is 31.1. The van der Waals surface area contributed by atoms with E-state index in [4.69, 9.17) is 11.0 Å². The highest BCUT2D eigenvalue weighted by Gasteiger charge is 2.10. The largest absolute Gasteiger partial charge is 0.382 e. The van der Waals surface area contributed by atoms with Crippen LogP contribution in [0.2, 0.25) is 0 Å². The van der Waals surface area contributed by atoms with Gasteiger partial charge in [0.1, 0.15) is 17.5 Å². The molecule has 0 radical (unpaired) electrons. The number of carbonyl (C=O) groups is 2. The van der Waals surface area contributed by atoms with Gasteiger partial charge in [-0.3, -0.25) is 10.1 Å². The third-order valence-electron chi connectivity index (χ3n) is 2.53. The van der Waals surface area contributed by atoms with Gasteiger partial charge in [-0.05, 0) is 12.1 Å². The Bertz CT molecular complexity index is 760. The number of hydrogen-bond acceptors (Lipinski definition) is 7. The second kappa shape index (κ2) is 7.77. The van der Waals surface area contributed by atoms with Gasteiger partial charge in [-0.25, -0.2) is 14.8 Å². The Morgan fingerprint density at radius 1 is 1.30 bits per heavy atom. The molecular formula is C14H12N6O2S. The molecule has 3 amide bonds. The van der Waals surface area contributed by atoms with Gasteiger partial charge in [0.25, 0.3) is 0 Å². The summed E-state index contributed by atoms with van der Waals surface area (Å²) >= 11 is 1.01. The third-order valence-corrected chi connectivity index (χ3v) is 3.39. The number of nitrogens with one attached hydrogen (secondary N) is 2. The molecule has 0 saturated carbocycles. The van der Waals surface area contributed by atoms with Gasteiger partial charge >= 0.3 is 6.03 Å². The highest BCUT2D eigenvalue weighted by Crippen LogP contribution is 2.15. The van der Waals surface area contributed by atoms with E-state index in [-0.39, 0.29) is 22.3 Å². The Balaban J connectivity index is 1.82. The Hall–Kier alpha value is -3.12. The number of urea groups is 1. The molecule has 0 fully saturated rings. The number of rotatable bonds is 4. The molecule has 23 heavy (non-hydrogen) atoms. The summed E-state index contributed by atoms with van der Waals surface area (Å²) in [5.74, 6) is -0.518. The van der Waals surface area contributed by atoms with Crippen molar-refractivity contribution in [1.82, 2.24) is 15.3 Å². The van der Waals surface area contributed by atoms with Gasteiger partial charge in [0.05, 0.1) is 11.9 Å². The predicted octanol–water partition coefficient (Wildman–Crippen LogP) is 1.37. The summed E-state index contributed by atoms with van der Waals surface area (Å²) in [7, 11) is 0. The third kappa shape index (κ3) is 4.98. The molecule has 0 bridgehead atoms. The molecule has 0 saturated heterocycles. The van der Waals surface area contributed by atoms with E-state index < -0.39 is 11.9 Å². The number of aromatic nitrogens is 2. The van der Waals surface area contributed by atoms with Gasteiger partial charge in [-0.1, -0.05) is 30.0 Å². The summed E-state index contributed by atoms with van der Waals surface area (Å²) in [6.45, 7) is 0. The number of carbonyl (C=O) groups excluding carboxylic acids is 2. The summed E-state index contributed by atoms with van der Waals surface area (Å²) < 4.78 is 0. The molecule has 8 nitrogen and oxygen atoms in total. The van der Waals surface area contributed by atoms with Crippen LogP contribution in [0.5, 0.6) is 0 Å². The average molecular weight is 328 g/mol. The quantitative estimate of drug-likeness (QED) is 0.570. The highest BCUT2D eigenvalue weighted by atomic mass is 32.2. The van der Waals surface area contributed by atoms with Crippen LogP contribution in [0.4, 0.5) is 16.3 Å². The predicted molar refractivity (Wildman–Crippen MR) is 85.5 cm³/mol. The lowest BCUT2D eigenvalue weighted by Crippen LogP contribution is -2.35. The number of benzene rings is 1. The number of hydrogen-bond donors (Lipinski definition) is 3. The first-order valence-electron chi connectivity index (χ1n) is 6.40. The molecule has 116 valence electrons. The number of nitrogen functional groups attached to an aromatic ring is 1. The van der Waals surface area contributed by atoms with E-state index in [2.05, 4.69) is 20.6 Å². The van der Waals surface area contributed by atoms with E-state index in [0.29, 0.717) is 5.69 Å². The molecule has 1 aromatic carbocycles. The van der Waals surface area contributed by atoms with Crippen molar-refractivity contribution in [2.24, 2.45) is 0 Å². The summed E-state index contributed by atoms with van der Waals surface area (Å²) in [6.07, 6.45) is 1.28. The first-order chi connectivity index (χ1) is 11.1. The van der Waals surface area contributed by atoms with Gasteiger partial charge in [0.2, 0.25) is 5.91 Å². The van der Waals surface area contributed by atoms with E-state index in [9.17, 15) is 9.59 Å². The number of amides is 3. The summed E-state index contributed by atoms with van der Waals surface area (Å²) in [5.41, 5.74) is 6.30. The molecule has 1 aromatic heterocycles. The smallest absolute Gasteiger partial charge is 0.325 e. The standard InChI is InChI=1S/C14H12N6O2S/c15-6-9-7-17-14(20-12(9)16)23-8-11(21)19-13(22)18-10-4-2-1-3-5-10/h1-5,7H,8H2,(H2,16,17,20)(H2,18,19,21,22). The van der Waals surface area contributed by atoms with Crippen LogP contribution in [0, 0.1) is 11.3 Å². The maximum atomic E-state index is 11.7. The molecule has 1 heterocycles. The van der Waals surface area contributed by atoms with Crippen LogP contribution in [0.1, 0.15) is 5.56 Å². The molecule has 0 aliphatic rings. The van der Waals surface area contributed by atoms with Crippen molar-refractivity contribution in [2.75, 3.05) is 16.8 Å². The second-order valence-corrected chi connectivity index (χ2v) is 5.16. The fourth-order valence-corrected chi connectivity index (χ4v) is 2.13. The number of imide groups is 1. The van der Waals surface area contributed by atoms with E-state index in [1.54, 1.807) is 24.3 Å². The minimum Gasteiger partial charge on any atom is -0.382 e. The van der Waals surface area contributed by atoms with Crippen LogP contribution in [-0.4, -0.2) is 27.7 Å². The molecule has 0 aliphatic carbocycles. The van der Waals surface area contributed by atoms with Crippen LogP contribution < -0.4 is 16.4 Å². The number of para-hydroxylation sites is 1. The molecule has 2 rings (SSSR count). The van der Waals surface area contributed by atoms with E-state index in [1.165, 1.54) is 6.20 Å². The van der Waals surface area contributed by atoms with Gasteiger partial charge < -0.3 is 11.1 Å². The van der Waals surface area contributed by atoms with E-state index >= 15 is 0 Å². The number of nitriles is 1. The van der Waals surface area contributed by atoms with Crippen molar-refractivity contribution in [2.45, 2.75) is 5.16 Å². The van der Waals surface area contributed by atoms with Crippen molar-refractivity contribution in [3.8, 4) is 6.07 Å². The zero-order valence-electron chi connectivity index (χ0n) is 11.8. The molecular weight excluding hydrogens is 316 g/mol. The summed E-state index contributed by atoms with van der Waals surface area (Å²) in [5, 5.41) is 13.7. The topological polar surface area (TPSA) is 134 Å². The Kier molecular flexibility index (Phi) is 5.49. The van der Waals surface area contributed by atoms with Crippen LogP contribution in [0.25, 0.3) is 0 Å². The molecule has 0 atom stereocenters. The molecule has 0 aliphatic heterocycles. The Morgan fingerprint density at radius 2 is 2.04 bits per heavy atom. The first kappa shape index (κ1) is 16.3. The summed E-state index contributed by atoms with van der Waals surface area (Å²) in [6, 6.07) is 9.96. The van der Waals surface area contributed by atoms with Crippen molar-refractivity contribution >= 4 is 35.2 Å². The second-order valence-electron chi connectivity index (χ2n) is 4.22. The van der Waals surface area contributed by atoms with Crippen molar-refractivity contribution in [3.63, 3.8) is 0 Å². The molecule has 0 unspecified atom stereocenters. The van der Waals surface area contributed by atoms with Gasteiger partial charge in [-0.2, -0.15) is 5.26 Å². The van der Waals surface area contributed by atoms with Crippen LogP contribution in [-0.2, 0) is 4.79 Å². The first-order valence-corrected chi connectivity index (χ1v) is 7.38. The van der Waals surface area contributed by atoms with Crippen molar-refractivity contribution in [3.05, 3.63) is 42.1 Å². The zero-order valence-corrected chi connectivity index (χ0v) is 12.6. The fraction of sp³-hybridized carbons (Fsp3) is 0.0714. The highest BCUT2D eigenvalue weighted by molar-refractivity contribution is 7.99. The van der Waals surface area contributed by atoms with Crippen LogP contribution in [0.3, 0.4) is 0 Å². The van der Waals surface area contributed by atoms with Crippen LogP contribution in [0.15, 0.2) is 41.7 Å². The molecule has 0 spiro atoms. The maximum absolute atomic E-state index is 11.7. The van der Waals surface area contributed by atoms with Crippen molar-refractivity contribution in [1.29, 1.82) is 5.26 Å². The SMILES string of the molecule is N#Cc1cnc(SCC(=O)NC(=O)Nc2ccccc2)nc1N. The lowest BCUT2D eigenvalue weighted by atomic mass is 10.3.